The minimum absolute atomic E-state index is 0.130. The second-order valence-corrected chi connectivity index (χ2v) is 7.92. The third-order valence-electron chi connectivity index (χ3n) is 5.60. The monoisotopic (exact) mass is 450 g/mol. The van der Waals surface area contributed by atoms with E-state index in [0.29, 0.717) is 35.0 Å². The van der Waals surface area contributed by atoms with Crippen molar-refractivity contribution in [1.29, 1.82) is 0 Å². The fourth-order valence-electron chi connectivity index (χ4n) is 3.72. The van der Waals surface area contributed by atoms with Gasteiger partial charge in [-0.05, 0) is 43.9 Å². The van der Waals surface area contributed by atoms with Crippen LogP contribution in [-0.4, -0.2) is 46.3 Å². The first kappa shape index (κ1) is 22.3. The summed E-state index contributed by atoms with van der Waals surface area (Å²) in [5.41, 5.74) is 3.20. The fraction of sp³-hybridized carbons (Fsp3) is 0.333. The van der Waals surface area contributed by atoms with Crippen LogP contribution in [0, 0.1) is 6.92 Å². The lowest BCUT2D eigenvalue weighted by Crippen LogP contribution is -2.22. The lowest BCUT2D eigenvalue weighted by molar-refractivity contribution is -0.119. The van der Waals surface area contributed by atoms with Crippen LogP contribution in [0.5, 0.6) is 0 Å². The van der Waals surface area contributed by atoms with Crippen LogP contribution in [0.3, 0.4) is 0 Å². The molecule has 0 saturated heterocycles. The Bertz CT molecular complexity index is 1190. The molecule has 9 nitrogen and oxygen atoms in total. The Morgan fingerprint density at radius 3 is 2.55 bits per heavy atom. The topological polar surface area (TPSA) is 115 Å². The summed E-state index contributed by atoms with van der Waals surface area (Å²) in [7, 11) is 1.28. The molecule has 1 amide bonds. The van der Waals surface area contributed by atoms with Gasteiger partial charge >= 0.3 is 11.9 Å². The number of rotatable bonds is 8. The zero-order valence-corrected chi connectivity index (χ0v) is 18.8. The number of amides is 1. The molecule has 2 aromatic heterocycles. The van der Waals surface area contributed by atoms with Gasteiger partial charge in [0.2, 0.25) is 0 Å². The Hall–Kier alpha value is -3.88. The summed E-state index contributed by atoms with van der Waals surface area (Å²) in [6, 6.07) is 11.4. The van der Waals surface area contributed by atoms with Crippen molar-refractivity contribution < 1.29 is 23.9 Å². The van der Waals surface area contributed by atoms with Crippen LogP contribution in [-0.2, 0) is 20.7 Å². The zero-order valence-electron chi connectivity index (χ0n) is 18.8. The zero-order chi connectivity index (χ0) is 23.5. The lowest BCUT2D eigenvalue weighted by atomic mass is 10.1. The predicted octanol–water partition coefficient (Wildman–Crippen LogP) is 3.53. The molecule has 0 unspecified atom stereocenters. The van der Waals surface area contributed by atoms with E-state index < -0.39 is 24.5 Å². The van der Waals surface area contributed by atoms with Crippen molar-refractivity contribution in [3.8, 4) is 5.69 Å². The highest BCUT2D eigenvalue weighted by Crippen LogP contribution is 2.40. The standard InChI is InChI=1S/C24H26N4O5/c1-4-17-21(23(30)32-3)14(2)22(25-17)24(31)33-13-20(29)26-19-12-18(15-10-11-15)27-28(19)16-8-6-5-7-9-16/h5-9,12,15,25H,4,10-11,13H2,1-3H3,(H,26,29). The van der Waals surface area contributed by atoms with Gasteiger partial charge in [-0.25, -0.2) is 14.3 Å². The summed E-state index contributed by atoms with van der Waals surface area (Å²) in [5.74, 6) is -0.811. The van der Waals surface area contributed by atoms with Crippen molar-refractivity contribution >= 4 is 23.7 Å². The number of methoxy groups -OCH3 is 1. The quantitative estimate of drug-likeness (QED) is 0.507. The highest BCUT2D eigenvalue weighted by atomic mass is 16.5. The molecule has 0 atom stereocenters. The van der Waals surface area contributed by atoms with E-state index in [1.54, 1.807) is 11.6 Å². The molecule has 2 N–H and O–H groups in total. The van der Waals surface area contributed by atoms with Gasteiger partial charge in [-0.1, -0.05) is 25.1 Å². The average Bonchev–Trinajstić information content (AvgIpc) is 3.51. The minimum atomic E-state index is -0.720. The maximum absolute atomic E-state index is 12.6. The molecule has 0 bridgehead atoms. The molecule has 0 radical (unpaired) electrons. The van der Waals surface area contributed by atoms with Gasteiger partial charge in [0.15, 0.2) is 6.61 Å². The number of benzene rings is 1. The Balaban J connectivity index is 1.46. The smallest absolute Gasteiger partial charge is 0.355 e. The largest absolute Gasteiger partial charge is 0.465 e. The van der Waals surface area contributed by atoms with E-state index in [1.165, 1.54) is 7.11 Å². The molecular formula is C24H26N4O5. The van der Waals surface area contributed by atoms with E-state index in [9.17, 15) is 14.4 Å². The average molecular weight is 450 g/mol. The fourth-order valence-corrected chi connectivity index (χ4v) is 3.72. The first-order valence-corrected chi connectivity index (χ1v) is 10.8. The van der Waals surface area contributed by atoms with Crippen molar-refractivity contribution in [2.45, 2.75) is 39.0 Å². The van der Waals surface area contributed by atoms with Gasteiger partial charge in [0, 0.05) is 17.7 Å². The Kier molecular flexibility index (Phi) is 6.30. The molecule has 172 valence electrons. The van der Waals surface area contributed by atoms with Crippen LogP contribution in [0.1, 0.15) is 63.5 Å². The maximum Gasteiger partial charge on any atom is 0.355 e. The van der Waals surface area contributed by atoms with Crippen molar-refractivity contribution in [3.05, 3.63) is 64.6 Å². The summed E-state index contributed by atoms with van der Waals surface area (Å²) in [4.78, 5) is 40.2. The first-order valence-electron chi connectivity index (χ1n) is 10.8. The number of nitrogens with one attached hydrogen (secondary N) is 2. The molecule has 9 heteroatoms. The van der Waals surface area contributed by atoms with E-state index in [-0.39, 0.29) is 5.69 Å². The van der Waals surface area contributed by atoms with Gasteiger partial charge in [-0.15, -0.1) is 0 Å². The van der Waals surface area contributed by atoms with Gasteiger partial charge in [0.25, 0.3) is 5.91 Å². The third-order valence-corrected chi connectivity index (χ3v) is 5.60. The van der Waals surface area contributed by atoms with Crippen LogP contribution in [0.15, 0.2) is 36.4 Å². The number of carbonyl (C=O) groups is 3. The Morgan fingerprint density at radius 1 is 1.18 bits per heavy atom. The second kappa shape index (κ2) is 9.32. The number of aryl methyl sites for hydroxylation is 1. The summed E-state index contributed by atoms with van der Waals surface area (Å²) >= 11 is 0. The summed E-state index contributed by atoms with van der Waals surface area (Å²) in [6.45, 7) is 3.01. The molecule has 2 heterocycles. The highest BCUT2D eigenvalue weighted by molar-refractivity contribution is 5.99. The van der Waals surface area contributed by atoms with Gasteiger partial charge in [0.1, 0.15) is 11.5 Å². The molecule has 1 aliphatic rings. The molecule has 1 aliphatic carbocycles. The number of anilines is 1. The first-order chi connectivity index (χ1) is 15.9. The number of hydrogen-bond donors (Lipinski definition) is 2. The van der Waals surface area contributed by atoms with Crippen LogP contribution in [0.25, 0.3) is 5.69 Å². The normalized spacial score (nSPS) is 12.9. The number of aromatic nitrogens is 3. The van der Waals surface area contributed by atoms with E-state index >= 15 is 0 Å². The molecule has 4 rings (SSSR count). The second-order valence-electron chi connectivity index (χ2n) is 7.92. The van der Waals surface area contributed by atoms with Gasteiger partial charge in [-0.3, -0.25) is 4.79 Å². The lowest BCUT2D eigenvalue weighted by Gasteiger charge is -2.09. The number of H-pyrrole nitrogens is 1. The van der Waals surface area contributed by atoms with Crippen molar-refractivity contribution in [2.75, 3.05) is 19.0 Å². The molecule has 0 aliphatic heterocycles. The Labute approximate surface area is 191 Å². The molecule has 1 fully saturated rings. The minimum Gasteiger partial charge on any atom is -0.465 e. The predicted molar refractivity (Wildman–Crippen MR) is 121 cm³/mol. The van der Waals surface area contributed by atoms with Crippen molar-refractivity contribution in [2.24, 2.45) is 0 Å². The molecular weight excluding hydrogens is 424 g/mol. The van der Waals surface area contributed by atoms with Crippen LogP contribution in [0.2, 0.25) is 0 Å². The van der Waals surface area contributed by atoms with E-state index in [0.717, 1.165) is 24.2 Å². The van der Waals surface area contributed by atoms with Gasteiger partial charge in [-0.2, -0.15) is 5.10 Å². The number of para-hydroxylation sites is 1. The van der Waals surface area contributed by atoms with Crippen LogP contribution < -0.4 is 5.32 Å². The maximum atomic E-state index is 12.6. The van der Waals surface area contributed by atoms with Crippen LogP contribution in [0.4, 0.5) is 5.82 Å². The number of aromatic amines is 1. The molecule has 0 spiro atoms. The number of esters is 2. The molecule has 3 aromatic rings. The van der Waals surface area contributed by atoms with Gasteiger partial charge < -0.3 is 19.8 Å². The SMILES string of the molecule is CCc1[nH]c(C(=O)OCC(=O)Nc2cc(C3CC3)nn2-c2ccccc2)c(C)c1C(=O)OC. The van der Waals surface area contributed by atoms with Crippen LogP contribution >= 0.6 is 0 Å². The summed E-state index contributed by atoms with van der Waals surface area (Å²) < 4.78 is 11.7. The molecule has 33 heavy (non-hydrogen) atoms. The van der Waals surface area contributed by atoms with Gasteiger partial charge in [0.05, 0.1) is 24.1 Å². The Morgan fingerprint density at radius 2 is 1.91 bits per heavy atom. The van der Waals surface area contributed by atoms with E-state index in [2.05, 4.69) is 15.4 Å². The van der Waals surface area contributed by atoms with E-state index in [1.807, 2.05) is 43.3 Å². The van der Waals surface area contributed by atoms with E-state index in [4.69, 9.17) is 9.47 Å². The number of carbonyl (C=O) groups excluding carboxylic acids is 3. The number of nitrogens with zero attached hydrogens (tertiary/aromatic N) is 2. The number of hydrogen-bond acceptors (Lipinski definition) is 6. The molecule has 1 aromatic carbocycles. The molecule has 1 saturated carbocycles. The third kappa shape index (κ3) is 4.67. The number of ether oxygens (including phenoxy) is 2. The van der Waals surface area contributed by atoms with Crippen molar-refractivity contribution in [3.63, 3.8) is 0 Å². The summed E-state index contributed by atoms with van der Waals surface area (Å²) in [6.07, 6.45) is 2.67. The summed E-state index contributed by atoms with van der Waals surface area (Å²) in [5, 5.41) is 7.43. The van der Waals surface area contributed by atoms with Crippen molar-refractivity contribution in [1.82, 2.24) is 14.8 Å². The highest BCUT2D eigenvalue weighted by Gasteiger charge is 2.28.